The molecular weight excluding hydrogens is 246 g/mol. The first-order valence-corrected chi connectivity index (χ1v) is 6.81. The van der Waals surface area contributed by atoms with Crippen molar-refractivity contribution in [2.45, 2.75) is 25.9 Å². The maximum absolute atomic E-state index is 9.93. The average molecular weight is 263 g/mol. The molecule has 0 saturated heterocycles. The lowest BCUT2D eigenvalue weighted by molar-refractivity contribution is 0.0696. The molecule has 4 nitrogen and oxygen atoms in total. The van der Waals surface area contributed by atoms with E-state index in [1.165, 1.54) is 6.33 Å². The lowest BCUT2D eigenvalue weighted by Crippen LogP contribution is -2.32. The fourth-order valence-electron chi connectivity index (χ4n) is 1.42. The lowest BCUT2D eigenvalue weighted by Gasteiger charge is -2.21. The van der Waals surface area contributed by atoms with Crippen molar-refractivity contribution in [2.24, 2.45) is 0 Å². The molecule has 0 spiro atoms. The summed E-state index contributed by atoms with van der Waals surface area (Å²) in [5.41, 5.74) is 0.187. The van der Waals surface area contributed by atoms with Crippen LogP contribution in [0.2, 0.25) is 0 Å². The van der Waals surface area contributed by atoms with Gasteiger partial charge >= 0.3 is 0 Å². The van der Waals surface area contributed by atoms with Gasteiger partial charge in [0.2, 0.25) is 0 Å². The summed E-state index contributed by atoms with van der Waals surface area (Å²) in [6.45, 7) is 4.24. The average Bonchev–Trinajstić information content (AvgIpc) is 2.91. The van der Waals surface area contributed by atoms with Gasteiger partial charge in [0, 0.05) is 12.6 Å². The van der Waals surface area contributed by atoms with Crippen LogP contribution in [0.3, 0.4) is 0 Å². The monoisotopic (exact) mass is 263 g/mol. The van der Waals surface area contributed by atoms with Gasteiger partial charge in [-0.1, -0.05) is 13.0 Å². The number of nitrogens with one attached hydrogen (secondary N) is 1. The molecule has 18 heavy (non-hydrogen) atoms. The molecule has 0 fully saturated rings. The van der Waals surface area contributed by atoms with Crippen LogP contribution in [-0.2, 0) is 0 Å². The Morgan fingerprint density at radius 1 is 1.44 bits per heavy atom. The van der Waals surface area contributed by atoms with Crippen LogP contribution in [0.4, 0.5) is 5.82 Å². The Morgan fingerprint density at radius 2 is 2.28 bits per heavy atom. The zero-order chi connectivity index (χ0) is 13.0. The quantitative estimate of drug-likeness (QED) is 0.871. The van der Waals surface area contributed by atoms with Crippen molar-refractivity contribution in [1.82, 2.24) is 9.97 Å². The van der Waals surface area contributed by atoms with Gasteiger partial charge in [0.15, 0.2) is 0 Å². The summed E-state index contributed by atoms with van der Waals surface area (Å²) in [6, 6.07) is 5.92. The van der Waals surface area contributed by atoms with Gasteiger partial charge in [-0.25, -0.2) is 9.97 Å². The van der Waals surface area contributed by atoms with E-state index < -0.39 is 5.60 Å². The molecule has 1 unspecified atom stereocenters. The number of hydrogen-bond donors (Lipinski definition) is 2. The van der Waals surface area contributed by atoms with E-state index in [1.807, 2.05) is 30.5 Å². The van der Waals surface area contributed by atoms with Gasteiger partial charge in [-0.15, -0.1) is 11.3 Å². The van der Waals surface area contributed by atoms with Crippen LogP contribution in [0.1, 0.15) is 20.3 Å². The van der Waals surface area contributed by atoms with Crippen molar-refractivity contribution in [3.05, 3.63) is 29.9 Å². The molecular formula is C13H17N3OS. The highest BCUT2D eigenvalue weighted by Gasteiger charge is 2.17. The Balaban J connectivity index is 2.09. The van der Waals surface area contributed by atoms with E-state index in [4.69, 9.17) is 0 Å². The van der Waals surface area contributed by atoms with Gasteiger partial charge < -0.3 is 10.4 Å². The molecule has 0 radical (unpaired) electrons. The summed E-state index contributed by atoms with van der Waals surface area (Å²) in [5, 5.41) is 15.1. The number of hydrogen-bond acceptors (Lipinski definition) is 5. The van der Waals surface area contributed by atoms with E-state index in [-0.39, 0.29) is 0 Å². The molecule has 0 aliphatic heterocycles. The van der Waals surface area contributed by atoms with Crippen LogP contribution in [0.5, 0.6) is 0 Å². The van der Waals surface area contributed by atoms with Crippen molar-refractivity contribution >= 4 is 17.2 Å². The number of thiophene rings is 1. The van der Waals surface area contributed by atoms with Crippen LogP contribution in [-0.4, -0.2) is 27.2 Å². The maximum atomic E-state index is 9.93. The van der Waals surface area contributed by atoms with Crippen LogP contribution >= 0.6 is 11.3 Å². The summed E-state index contributed by atoms with van der Waals surface area (Å²) in [6.07, 6.45) is 2.24. The van der Waals surface area contributed by atoms with E-state index in [2.05, 4.69) is 15.3 Å². The molecule has 5 heteroatoms. The molecule has 0 amide bonds. The molecule has 1 atom stereocenters. The third kappa shape index (κ3) is 3.27. The minimum Gasteiger partial charge on any atom is -0.388 e. The standard InChI is InChI=1S/C13H17N3OS/c1-3-13(2,17)8-14-12-7-10(15-9-16-12)11-5-4-6-18-11/h4-7,9,17H,3,8H2,1-2H3,(H,14,15,16). The second kappa shape index (κ2) is 5.46. The van der Waals surface area contributed by atoms with Gasteiger partial charge in [0.1, 0.15) is 12.1 Å². The zero-order valence-corrected chi connectivity index (χ0v) is 11.4. The van der Waals surface area contributed by atoms with Gasteiger partial charge in [0.05, 0.1) is 16.2 Å². The van der Waals surface area contributed by atoms with Crippen LogP contribution < -0.4 is 5.32 Å². The fraction of sp³-hybridized carbons (Fsp3) is 0.385. The molecule has 2 heterocycles. The predicted octanol–water partition coefficient (Wildman–Crippen LogP) is 2.78. The largest absolute Gasteiger partial charge is 0.388 e. The van der Waals surface area contributed by atoms with Crippen molar-refractivity contribution in [3.63, 3.8) is 0 Å². The second-order valence-electron chi connectivity index (χ2n) is 4.47. The lowest BCUT2D eigenvalue weighted by atomic mass is 10.0. The maximum Gasteiger partial charge on any atom is 0.130 e. The topological polar surface area (TPSA) is 58.0 Å². The normalized spacial score (nSPS) is 14.2. The Hall–Kier alpha value is -1.46. The van der Waals surface area contributed by atoms with E-state index >= 15 is 0 Å². The number of rotatable bonds is 5. The fourth-order valence-corrected chi connectivity index (χ4v) is 2.11. The summed E-state index contributed by atoms with van der Waals surface area (Å²) >= 11 is 1.65. The molecule has 2 aromatic heterocycles. The first kappa shape index (κ1) is 13.0. The Labute approximate surface area is 111 Å². The molecule has 96 valence electrons. The van der Waals surface area contributed by atoms with Gasteiger partial charge in [-0.2, -0.15) is 0 Å². The highest BCUT2D eigenvalue weighted by Crippen LogP contribution is 2.23. The Kier molecular flexibility index (Phi) is 3.93. The minimum atomic E-state index is -0.714. The number of aromatic nitrogens is 2. The molecule has 0 aliphatic rings. The highest BCUT2D eigenvalue weighted by atomic mass is 32.1. The van der Waals surface area contributed by atoms with Crippen LogP contribution in [0.15, 0.2) is 29.9 Å². The molecule has 2 rings (SSSR count). The summed E-state index contributed by atoms with van der Waals surface area (Å²) in [5.74, 6) is 0.738. The highest BCUT2D eigenvalue weighted by molar-refractivity contribution is 7.13. The van der Waals surface area contributed by atoms with Gasteiger partial charge in [-0.05, 0) is 24.8 Å². The van der Waals surface area contributed by atoms with Crippen molar-refractivity contribution in [2.75, 3.05) is 11.9 Å². The SMILES string of the molecule is CCC(C)(O)CNc1cc(-c2cccs2)ncn1. The number of aliphatic hydroxyl groups is 1. The summed E-state index contributed by atoms with van der Waals surface area (Å²) in [4.78, 5) is 9.51. The number of nitrogens with zero attached hydrogens (tertiary/aromatic N) is 2. The summed E-state index contributed by atoms with van der Waals surface area (Å²) in [7, 11) is 0. The van der Waals surface area contributed by atoms with Gasteiger partial charge in [0.25, 0.3) is 0 Å². The second-order valence-corrected chi connectivity index (χ2v) is 5.42. The van der Waals surface area contributed by atoms with Gasteiger partial charge in [-0.3, -0.25) is 0 Å². The molecule has 0 saturated carbocycles. The first-order chi connectivity index (χ1) is 8.61. The number of anilines is 1. The molecule has 0 bridgehead atoms. The van der Waals surface area contributed by atoms with Crippen molar-refractivity contribution in [3.8, 4) is 10.6 Å². The molecule has 2 aromatic rings. The zero-order valence-electron chi connectivity index (χ0n) is 10.6. The van der Waals surface area contributed by atoms with Crippen LogP contribution in [0.25, 0.3) is 10.6 Å². The first-order valence-electron chi connectivity index (χ1n) is 5.93. The molecule has 0 aliphatic carbocycles. The Bertz CT molecular complexity index is 497. The van der Waals surface area contributed by atoms with Crippen molar-refractivity contribution in [1.29, 1.82) is 0 Å². The van der Waals surface area contributed by atoms with E-state index in [1.54, 1.807) is 18.3 Å². The van der Waals surface area contributed by atoms with Crippen molar-refractivity contribution < 1.29 is 5.11 Å². The summed E-state index contributed by atoms with van der Waals surface area (Å²) < 4.78 is 0. The van der Waals surface area contributed by atoms with E-state index in [9.17, 15) is 5.11 Å². The third-order valence-corrected chi connectivity index (χ3v) is 3.75. The van der Waals surface area contributed by atoms with E-state index in [0.717, 1.165) is 16.4 Å². The molecule has 2 N–H and O–H groups in total. The van der Waals surface area contributed by atoms with E-state index in [0.29, 0.717) is 13.0 Å². The predicted molar refractivity (Wildman–Crippen MR) is 74.7 cm³/mol. The minimum absolute atomic E-state index is 0.477. The smallest absolute Gasteiger partial charge is 0.130 e. The molecule has 0 aromatic carbocycles. The Morgan fingerprint density at radius 3 is 2.94 bits per heavy atom. The third-order valence-electron chi connectivity index (χ3n) is 2.85. The van der Waals surface area contributed by atoms with Crippen LogP contribution in [0, 0.1) is 0 Å².